The summed E-state index contributed by atoms with van der Waals surface area (Å²) < 4.78 is 1.89. The van der Waals surface area contributed by atoms with Crippen LogP contribution in [-0.4, -0.2) is 34.0 Å². The fourth-order valence-corrected chi connectivity index (χ4v) is 2.14. The van der Waals surface area contributed by atoms with Crippen LogP contribution in [0.25, 0.3) is 0 Å². The van der Waals surface area contributed by atoms with Crippen molar-refractivity contribution >= 4 is 11.8 Å². The molecule has 2 amide bonds. The lowest BCUT2D eigenvalue weighted by Gasteiger charge is -2.26. The predicted molar refractivity (Wildman–Crippen MR) is 65.6 cm³/mol. The maximum atomic E-state index is 11.9. The number of nitrogens with zero attached hydrogens (tertiary/aromatic N) is 2. The third-order valence-electron chi connectivity index (χ3n) is 3.05. The maximum Gasteiger partial charge on any atom is 0.242 e. The van der Waals surface area contributed by atoms with Crippen molar-refractivity contribution in [1.29, 1.82) is 0 Å². The smallest absolute Gasteiger partial charge is 0.242 e. The Labute approximate surface area is 106 Å². The Hall–Kier alpha value is -1.85. The van der Waals surface area contributed by atoms with Crippen LogP contribution in [0, 0.1) is 5.92 Å². The molecule has 1 aliphatic rings. The second-order valence-corrected chi connectivity index (χ2v) is 4.76. The Morgan fingerprint density at radius 1 is 1.67 bits per heavy atom. The summed E-state index contributed by atoms with van der Waals surface area (Å²) in [6.45, 7) is 3.21. The highest BCUT2D eigenvalue weighted by molar-refractivity contribution is 5.88. The van der Waals surface area contributed by atoms with Gasteiger partial charge in [0.05, 0.1) is 6.33 Å². The molecule has 1 saturated heterocycles. The van der Waals surface area contributed by atoms with E-state index >= 15 is 0 Å². The highest BCUT2D eigenvalue weighted by Crippen LogP contribution is 2.15. The summed E-state index contributed by atoms with van der Waals surface area (Å²) in [5.41, 5.74) is 0. The average molecular weight is 250 g/mol. The summed E-state index contributed by atoms with van der Waals surface area (Å²) in [5.74, 6) is 0.127. The van der Waals surface area contributed by atoms with Crippen molar-refractivity contribution in [3.63, 3.8) is 0 Å². The molecule has 0 unspecified atom stereocenters. The van der Waals surface area contributed by atoms with Gasteiger partial charge in [-0.3, -0.25) is 9.59 Å². The summed E-state index contributed by atoms with van der Waals surface area (Å²) in [7, 11) is 0. The topological polar surface area (TPSA) is 76.0 Å². The lowest BCUT2D eigenvalue weighted by atomic mass is 9.93. The molecule has 6 nitrogen and oxygen atoms in total. The van der Waals surface area contributed by atoms with Crippen molar-refractivity contribution in [1.82, 2.24) is 20.2 Å². The molecule has 2 rings (SSSR count). The second kappa shape index (κ2) is 5.66. The predicted octanol–water partition coefficient (Wildman–Crippen LogP) is -0.0860. The minimum atomic E-state index is -0.385. The zero-order chi connectivity index (χ0) is 13.0. The molecule has 1 aliphatic heterocycles. The molecule has 0 aromatic carbocycles. The summed E-state index contributed by atoms with van der Waals surface area (Å²) >= 11 is 0. The van der Waals surface area contributed by atoms with E-state index in [4.69, 9.17) is 0 Å². The summed E-state index contributed by atoms with van der Waals surface area (Å²) in [5, 5.41) is 5.55. The Morgan fingerprint density at radius 3 is 3.17 bits per heavy atom. The zero-order valence-electron chi connectivity index (χ0n) is 10.4. The van der Waals surface area contributed by atoms with Crippen LogP contribution in [0.1, 0.15) is 19.8 Å². The van der Waals surface area contributed by atoms with Gasteiger partial charge in [0.25, 0.3) is 0 Å². The van der Waals surface area contributed by atoms with Crippen molar-refractivity contribution < 1.29 is 9.59 Å². The second-order valence-electron chi connectivity index (χ2n) is 4.76. The largest absolute Gasteiger partial charge is 0.353 e. The molecule has 2 heterocycles. The quantitative estimate of drug-likeness (QED) is 0.784. The molecule has 1 fully saturated rings. The minimum Gasteiger partial charge on any atom is -0.353 e. The molecule has 0 spiro atoms. The number of rotatable bonds is 4. The van der Waals surface area contributed by atoms with Gasteiger partial charge in [-0.2, -0.15) is 0 Å². The van der Waals surface area contributed by atoms with E-state index in [0.29, 0.717) is 25.9 Å². The van der Waals surface area contributed by atoms with Gasteiger partial charge in [0, 0.05) is 31.9 Å². The number of imidazole rings is 1. The van der Waals surface area contributed by atoms with E-state index < -0.39 is 0 Å². The van der Waals surface area contributed by atoms with E-state index in [-0.39, 0.29) is 23.8 Å². The van der Waals surface area contributed by atoms with Crippen molar-refractivity contribution in [2.75, 3.05) is 6.54 Å². The van der Waals surface area contributed by atoms with E-state index in [1.54, 1.807) is 12.5 Å². The van der Waals surface area contributed by atoms with Crippen molar-refractivity contribution in [3.05, 3.63) is 18.7 Å². The number of nitrogens with one attached hydrogen (secondary N) is 2. The Balaban J connectivity index is 1.75. The molecule has 0 bridgehead atoms. The molecule has 0 saturated carbocycles. The zero-order valence-corrected chi connectivity index (χ0v) is 10.4. The highest BCUT2D eigenvalue weighted by Gasteiger charge is 2.28. The van der Waals surface area contributed by atoms with Gasteiger partial charge >= 0.3 is 0 Å². The monoisotopic (exact) mass is 250 g/mol. The van der Waals surface area contributed by atoms with E-state index in [9.17, 15) is 9.59 Å². The van der Waals surface area contributed by atoms with Gasteiger partial charge in [-0.25, -0.2) is 4.98 Å². The number of carbonyl (C=O) groups is 2. The molecular formula is C12H18N4O2. The molecule has 1 aromatic heterocycles. The van der Waals surface area contributed by atoms with Gasteiger partial charge in [-0.05, 0) is 12.3 Å². The van der Waals surface area contributed by atoms with Crippen LogP contribution in [0.5, 0.6) is 0 Å². The number of amides is 2. The lowest BCUT2D eigenvalue weighted by Crippen LogP contribution is -2.51. The highest BCUT2D eigenvalue weighted by atomic mass is 16.2. The normalized spacial score (nSPS) is 23.5. The number of piperidine rings is 1. The fourth-order valence-electron chi connectivity index (χ4n) is 2.14. The maximum absolute atomic E-state index is 11.9. The van der Waals surface area contributed by atoms with Crippen LogP contribution in [0.4, 0.5) is 0 Å². The number of carbonyl (C=O) groups excluding carboxylic acids is 2. The van der Waals surface area contributed by atoms with Gasteiger partial charge in [-0.1, -0.05) is 6.92 Å². The van der Waals surface area contributed by atoms with E-state index in [0.717, 1.165) is 0 Å². The first-order chi connectivity index (χ1) is 8.65. The SMILES string of the molecule is C[C@@H]1CC(=O)N[C@H](C(=O)NCCn2ccnc2)C1. The first-order valence-corrected chi connectivity index (χ1v) is 6.18. The molecule has 6 heteroatoms. The molecule has 2 atom stereocenters. The van der Waals surface area contributed by atoms with Crippen molar-refractivity contribution in [2.45, 2.75) is 32.4 Å². The van der Waals surface area contributed by atoms with Crippen LogP contribution >= 0.6 is 0 Å². The Kier molecular flexibility index (Phi) is 3.96. The molecule has 0 aliphatic carbocycles. The Morgan fingerprint density at radius 2 is 2.50 bits per heavy atom. The fraction of sp³-hybridized carbons (Fsp3) is 0.583. The molecule has 1 aromatic rings. The molecule has 98 valence electrons. The molecule has 18 heavy (non-hydrogen) atoms. The molecule has 2 N–H and O–H groups in total. The standard InChI is InChI=1S/C12H18N4O2/c1-9-6-10(15-11(17)7-9)12(18)14-3-5-16-4-2-13-8-16/h2,4,8-10H,3,5-7H2,1H3,(H,14,18)(H,15,17)/t9-,10-/m0/s1. The van der Waals surface area contributed by atoms with E-state index in [1.165, 1.54) is 0 Å². The average Bonchev–Trinajstić information content (AvgIpc) is 2.80. The Bertz CT molecular complexity index is 416. The van der Waals surface area contributed by atoms with Gasteiger partial charge in [0.15, 0.2) is 0 Å². The first-order valence-electron chi connectivity index (χ1n) is 6.18. The van der Waals surface area contributed by atoms with Crippen LogP contribution in [-0.2, 0) is 16.1 Å². The van der Waals surface area contributed by atoms with E-state index in [2.05, 4.69) is 15.6 Å². The molecular weight excluding hydrogens is 232 g/mol. The van der Waals surface area contributed by atoms with Gasteiger partial charge in [0.1, 0.15) is 6.04 Å². The van der Waals surface area contributed by atoms with Crippen molar-refractivity contribution in [2.24, 2.45) is 5.92 Å². The summed E-state index contributed by atoms with van der Waals surface area (Å²) in [4.78, 5) is 27.1. The summed E-state index contributed by atoms with van der Waals surface area (Å²) in [6, 6.07) is -0.385. The minimum absolute atomic E-state index is 0.0384. The van der Waals surface area contributed by atoms with Crippen LogP contribution in [0.3, 0.4) is 0 Å². The first kappa shape index (κ1) is 12.6. The van der Waals surface area contributed by atoms with Crippen molar-refractivity contribution in [3.8, 4) is 0 Å². The third-order valence-corrected chi connectivity index (χ3v) is 3.05. The van der Waals surface area contributed by atoms with E-state index in [1.807, 2.05) is 17.7 Å². The van der Waals surface area contributed by atoms with Gasteiger partial charge in [-0.15, -0.1) is 0 Å². The number of hydrogen-bond donors (Lipinski definition) is 2. The lowest BCUT2D eigenvalue weighted by molar-refractivity contribution is -0.132. The van der Waals surface area contributed by atoms with Crippen LogP contribution < -0.4 is 10.6 Å². The van der Waals surface area contributed by atoms with Crippen LogP contribution in [0.15, 0.2) is 18.7 Å². The number of aromatic nitrogens is 2. The number of hydrogen-bond acceptors (Lipinski definition) is 3. The van der Waals surface area contributed by atoms with Crippen LogP contribution in [0.2, 0.25) is 0 Å². The van der Waals surface area contributed by atoms with Gasteiger partial charge in [0.2, 0.25) is 11.8 Å². The molecule has 0 radical (unpaired) electrons. The third kappa shape index (κ3) is 3.32. The van der Waals surface area contributed by atoms with Gasteiger partial charge < -0.3 is 15.2 Å². The summed E-state index contributed by atoms with van der Waals surface area (Å²) in [6.07, 6.45) is 6.47.